The molecule has 0 aliphatic heterocycles. The van der Waals surface area contributed by atoms with E-state index in [1.165, 1.54) is 9.34 Å². The predicted octanol–water partition coefficient (Wildman–Crippen LogP) is 4.48. The molecule has 0 bridgehead atoms. The summed E-state index contributed by atoms with van der Waals surface area (Å²) in [5.74, 6) is 0.664. The van der Waals surface area contributed by atoms with Crippen molar-refractivity contribution < 1.29 is 4.84 Å². The van der Waals surface area contributed by atoms with E-state index in [-0.39, 0.29) is 0 Å². The fourth-order valence-electron chi connectivity index (χ4n) is 2.37. The molecule has 0 amide bonds. The van der Waals surface area contributed by atoms with Crippen LogP contribution in [-0.2, 0) is 5.32 Å². The molecule has 0 fully saturated rings. The van der Waals surface area contributed by atoms with Gasteiger partial charge in [0.25, 0.3) is 0 Å². The molecular formula is C21H22N2OS2Se. The molecule has 0 N–H and O–H groups in total. The van der Waals surface area contributed by atoms with Crippen LogP contribution >= 0.6 is 23.6 Å². The van der Waals surface area contributed by atoms with Crippen molar-refractivity contribution in [3.8, 4) is 0 Å². The van der Waals surface area contributed by atoms with Gasteiger partial charge in [0.15, 0.2) is 0 Å². The molecule has 1 aromatic carbocycles. The van der Waals surface area contributed by atoms with Gasteiger partial charge >= 0.3 is 176 Å². The fourth-order valence-corrected chi connectivity index (χ4v) is 5.99. The van der Waals surface area contributed by atoms with Crippen molar-refractivity contribution in [1.82, 2.24) is 4.73 Å². The number of thiophene rings is 1. The molecule has 0 radical (unpaired) electrons. The van der Waals surface area contributed by atoms with Crippen LogP contribution < -0.4 is 8.61 Å². The summed E-state index contributed by atoms with van der Waals surface area (Å²) in [5.41, 5.74) is 2.46. The second kappa shape index (κ2) is 10.6. The number of nitrogens with zero attached hydrogens (tertiary/aromatic N) is 2. The van der Waals surface area contributed by atoms with Crippen molar-refractivity contribution >= 4 is 48.2 Å². The molecule has 0 aliphatic rings. The number of hydrogen-bond acceptors (Lipinski definition) is 4. The summed E-state index contributed by atoms with van der Waals surface area (Å²) in [6, 6.07) is 18.4. The number of benzene rings is 1. The van der Waals surface area contributed by atoms with Crippen LogP contribution in [0.15, 0.2) is 71.2 Å². The van der Waals surface area contributed by atoms with E-state index in [1.807, 2.05) is 24.4 Å². The topological polar surface area (TPSA) is 26.5 Å². The average molecular weight is 462 g/mol. The average Bonchev–Trinajstić information content (AvgIpc) is 3.16. The SMILES string of the molecule is CCCCN=C(On1ccccc1=S)c1ccsc1[Se]Cc1ccccc1. The van der Waals surface area contributed by atoms with E-state index in [0.717, 1.165) is 30.3 Å². The van der Waals surface area contributed by atoms with Crippen molar-refractivity contribution in [2.24, 2.45) is 4.99 Å². The number of rotatable bonds is 8. The maximum atomic E-state index is 6.11. The standard InChI is InChI=1S/C21H22N2OS2Se/c1-2-3-13-22-20(24-23-14-8-7-11-19(23)25)18-12-15-26-21(18)27-16-17-9-5-4-6-10-17/h4-12,14-15H,2-3,13,16H2,1H3. The number of hydrogen-bond donors (Lipinski definition) is 0. The molecule has 3 nitrogen and oxygen atoms in total. The summed E-state index contributed by atoms with van der Waals surface area (Å²) < 4.78 is 3.60. The van der Waals surface area contributed by atoms with Gasteiger partial charge in [-0.2, -0.15) is 0 Å². The number of aliphatic imine (C=N–C) groups is 1. The molecule has 27 heavy (non-hydrogen) atoms. The van der Waals surface area contributed by atoms with Crippen LogP contribution in [0.4, 0.5) is 0 Å². The summed E-state index contributed by atoms with van der Waals surface area (Å²) in [5, 5.41) is 3.19. The van der Waals surface area contributed by atoms with Gasteiger partial charge in [-0.1, -0.05) is 0 Å². The third kappa shape index (κ3) is 5.88. The first-order chi connectivity index (χ1) is 13.3. The Labute approximate surface area is 175 Å². The Bertz CT molecular complexity index is 934. The Balaban J connectivity index is 1.82. The van der Waals surface area contributed by atoms with E-state index < -0.39 is 0 Å². The van der Waals surface area contributed by atoms with Crippen molar-refractivity contribution in [1.29, 1.82) is 0 Å². The van der Waals surface area contributed by atoms with Crippen LogP contribution in [0.1, 0.15) is 30.9 Å². The van der Waals surface area contributed by atoms with Gasteiger partial charge in [0.1, 0.15) is 0 Å². The summed E-state index contributed by atoms with van der Waals surface area (Å²) in [6.45, 7) is 2.93. The normalized spacial score (nSPS) is 11.5. The van der Waals surface area contributed by atoms with Gasteiger partial charge in [0, 0.05) is 0 Å². The molecule has 140 valence electrons. The predicted molar refractivity (Wildman–Crippen MR) is 118 cm³/mol. The third-order valence-corrected chi connectivity index (χ3v) is 8.07. The molecule has 0 spiro atoms. The Hall–Kier alpha value is -1.72. The van der Waals surface area contributed by atoms with Crippen LogP contribution in [-0.4, -0.2) is 32.1 Å². The first-order valence-corrected chi connectivity index (χ1v) is 12.3. The number of pyridine rings is 1. The zero-order chi connectivity index (χ0) is 18.9. The second-order valence-electron chi connectivity index (χ2n) is 5.89. The molecule has 2 heterocycles. The zero-order valence-corrected chi connectivity index (χ0v) is 18.6. The van der Waals surface area contributed by atoms with E-state index in [4.69, 9.17) is 22.0 Å². The maximum absolute atomic E-state index is 6.11. The molecule has 6 heteroatoms. The van der Waals surface area contributed by atoms with Crippen LogP contribution in [0.2, 0.25) is 0 Å². The van der Waals surface area contributed by atoms with E-state index >= 15 is 0 Å². The van der Waals surface area contributed by atoms with E-state index in [1.54, 1.807) is 16.1 Å². The summed E-state index contributed by atoms with van der Waals surface area (Å²) in [7, 11) is 0. The first-order valence-electron chi connectivity index (χ1n) is 8.93. The van der Waals surface area contributed by atoms with Gasteiger partial charge in [-0.25, -0.2) is 0 Å². The Morgan fingerprint density at radius 2 is 1.96 bits per heavy atom. The summed E-state index contributed by atoms with van der Waals surface area (Å²) >= 11 is 7.49. The van der Waals surface area contributed by atoms with E-state index in [9.17, 15) is 0 Å². The van der Waals surface area contributed by atoms with Crippen molar-refractivity contribution in [3.05, 3.63) is 81.9 Å². The minimum absolute atomic E-state index is 0.331. The van der Waals surface area contributed by atoms with Gasteiger partial charge in [-0.3, -0.25) is 0 Å². The molecule has 0 aliphatic carbocycles. The molecule has 0 unspecified atom stereocenters. The van der Waals surface area contributed by atoms with Crippen LogP contribution in [0.5, 0.6) is 0 Å². The summed E-state index contributed by atoms with van der Waals surface area (Å²) in [4.78, 5) is 10.9. The Kier molecular flexibility index (Phi) is 7.84. The zero-order valence-electron chi connectivity index (χ0n) is 15.2. The Morgan fingerprint density at radius 3 is 2.74 bits per heavy atom. The van der Waals surface area contributed by atoms with Gasteiger partial charge in [0.05, 0.1) is 0 Å². The van der Waals surface area contributed by atoms with Crippen molar-refractivity contribution in [2.75, 3.05) is 6.54 Å². The van der Waals surface area contributed by atoms with Crippen LogP contribution in [0.3, 0.4) is 0 Å². The van der Waals surface area contributed by atoms with Gasteiger partial charge in [-0.15, -0.1) is 0 Å². The number of aromatic nitrogens is 1. The molecule has 3 rings (SSSR count). The Morgan fingerprint density at radius 1 is 1.15 bits per heavy atom. The monoisotopic (exact) mass is 462 g/mol. The van der Waals surface area contributed by atoms with Crippen LogP contribution in [0, 0.1) is 4.64 Å². The van der Waals surface area contributed by atoms with E-state index in [0.29, 0.717) is 25.5 Å². The van der Waals surface area contributed by atoms with Crippen molar-refractivity contribution in [2.45, 2.75) is 25.1 Å². The molecule has 0 saturated carbocycles. The molecule has 0 saturated heterocycles. The second-order valence-corrected chi connectivity index (χ2v) is 9.88. The molecule has 2 aromatic heterocycles. The van der Waals surface area contributed by atoms with Crippen LogP contribution in [0.25, 0.3) is 0 Å². The summed E-state index contributed by atoms with van der Waals surface area (Å²) in [6.07, 6.45) is 3.98. The van der Waals surface area contributed by atoms with Crippen molar-refractivity contribution in [3.63, 3.8) is 0 Å². The number of unbranched alkanes of at least 4 members (excludes halogenated alkanes) is 1. The quantitative estimate of drug-likeness (QED) is 0.163. The minimum atomic E-state index is 0.331. The third-order valence-electron chi connectivity index (χ3n) is 3.81. The fraction of sp³-hybridized carbons (Fsp3) is 0.238. The van der Waals surface area contributed by atoms with Gasteiger partial charge in [-0.05, 0) is 0 Å². The van der Waals surface area contributed by atoms with Gasteiger partial charge < -0.3 is 0 Å². The van der Waals surface area contributed by atoms with E-state index in [2.05, 4.69) is 48.7 Å². The molecule has 0 atom stereocenters. The molecular weight excluding hydrogens is 439 g/mol. The first kappa shape index (κ1) is 20.0. The molecule has 3 aromatic rings. The van der Waals surface area contributed by atoms with Gasteiger partial charge in [0.2, 0.25) is 0 Å².